The van der Waals surface area contributed by atoms with E-state index >= 15 is 0 Å². The normalized spacial score (nSPS) is 23.6. The van der Waals surface area contributed by atoms with Gasteiger partial charge in [0, 0.05) is 10.3 Å². The van der Waals surface area contributed by atoms with Crippen molar-refractivity contribution < 1.29 is 0 Å². The van der Waals surface area contributed by atoms with Crippen LogP contribution in [0.4, 0.5) is 0 Å². The first-order valence-corrected chi connectivity index (χ1v) is 17.6. The molecule has 0 nitrogen and oxygen atoms in total. The van der Waals surface area contributed by atoms with Gasteiger partial charge < -0.3 is 0 Å². The van der Waals surface area contributed by atoms with Gasteiger partial charge in [-0.1, -0.05) is 151 Å². The van der Waals surface area contributed by atoms with Crippen LogP contribution in [0.15, 0.2) is 121 Å². The van der Waals surface area contributed by atoms with E-state index in [0.717, 1.165) is 0 Å². The summed E-state index contributed by atoms with van der Waals surface area (Å²) in [5, 5.41) is 0.339. The molecular weight excluding hydrogens is 494 g/mol. The van der Waals surface area contributed by atoms with Crippen molar-refractivity contribution in [2.75, 3.05) is 12.3 Å². The zero-order chi connectivity index (χ0) is 26.0. The molecule has 0 spiro atoms. The number of benzene rings is 4. The Morgan fingerprint density at radius 2 is 0.711 bits per heavy atom. The standard InChI is InChI=1S/C36H40P2/c1-29(37-27-15-25-35(37,31-17-7-3-8-18-31)32-19-9-4-10-20-32)30(2)38-28-16-26-36(38,33-21-11-5-12-22-33)34-23-13-6-14-24-34/h3-14,17-24,29-30H,15-16,25-28H2,1-2H3. The number of rotatable bonds is 7. The van der Waals surface area contributed by atoms with Crippen LogP contribution in [0.1, 0.15) is 61.8 Å². The summed E-state index contributed by atoms with van der Waals surface area (Å²) in [5.74, 6) is 0. The molecule has 0 amide bonds. The predicted molar refractivity (Wildman–Crippen MR) is 168 cm³/mol. The molecule has 0 bridgehead atoms. The summed E-state index contributed by atoms with van der Waals surface area (Å²) in [5.41, 5.74) is 7.61. The minimum atomic E-state index is -0.225. The van der Waals surface area contributed by atoms with Crippen LogP contribution < -0.4 is 0 Å². The van der Waals surface area contributed by atoms with Crippen LogP contribution >= 0.6 is 15.8 Å². The van der Waals surface area contributed by atoms with Crippen LogP contribution in [0, 0.1) is 0 Å². The molecule has 194 valence electrons. The van der Waals surface area contributed by atoms with Crippen LogP contribution in [-0.4, -0.2) is 23.6 Å². The fraction of sp³-hybridized carbons (Fsp3) is 0.333. The molecule has 4 aromatic rings. The first-order chi connectivity index (χ1) is 18.7. The molecule has 0 aromatic heterocycles. The molecule has 0 N–H and O–H groups in total. The largest absolute Gasteiger partial charge is 0.0875 e. The summed E-state index contributed by atoms with van der Waals surface area (Å²) < 4.78 is 0. The Kier molecular flexibility index (Phi) is 7.58. The summed E-state index contributed by atoms with van der Waals surface area (Å²) in [7, 11) is -0.450. The maximum Gasteiger partial charge on any atom is 0.0404 e. The third-order valence-corrected chi connectivity index (χ3v) is 17.7. The highest BCUT2D eigenvalue weighted by Crippen LogP contribution is 2.76. The molecule has 0 aliphatic carbocycles. The molecule has 38 heavy (non-hydrogen) atoms. The van der Waals surface area contributed by atoms with Crippen molar-refractivity contribution in [2.45, 2.75) is 61.2 Å². The van der Waals surface area contributed by atoms with Gasteiger partial charge in [0.15, 0.2) is 0 Å². The second kappa shape index (κ2) is 11.1. The van der Waals surface area contributed by atoms with Gasteiger partial charge in [-0.25, -0.2) is 0 Å². The fourth-order valence-corrected chi connectivity index (χ4v) is 16.5. The van der Waals surface area contributed by atoms with Gasteiger partial charge in [-0.15, -0.1) is 0 Å². The first kappa shape index (κ1) is 26.0. The molecule has 2 aliphatic heterocycles. The third-order valence-electron chi connectivity index (χ3n) is 9.54. The maximum absolute atomic E-state index is 2.64. The number of hydrogen-bond acceptors (Lipinski definition) is 0. The molecule has 2 aliphatic rings. The van der Waals surface area contributed by atoms with E-state index in [1.54, 1.807) is 22.3 Å². The second-order valence-electron chi connectivity index (χ2n) is 11.3. The van der Waals surface area contributed by atoms with Gasteiger partial charge in [0.1, 0.15) is 0 Å². The van der Waals surface area contributed by atoms with E-state index in [0.29, 0.717) is 11.3 Å². The van der Waals surface area contributed by atoms with E-state index in [2.05, 4.69) is 135 Å². The summed E-state index contributed by atoms with van der Waals surface area (Å²) in [6.45, 7) is 5.29. The lowest BCUT2D eigenvalue weighted by atomic mass is 9.87. The quantitative estimate of drug-likeness (QED) is 0.207. The van der Waals surface area contributed by atoms with Crippen molar-refractivity contribution in [3.63, 3.8) is 0 Å². The molecule has 2 heteroatoms. The molecular formula is C36H40P2. The van der Waals surface area contributed by atoms with Gasteiger partial charge in [-0.3, -0.25) is 0 Å². The fourth-order valence-electron chi connectivity index (χ4n) is 7.73. The molecule has 6 rings (SSSR count). The third kappa shape index (κ3) is 4.30. The molecule has 2 saturated heterocycles. The van der Waals surface area contributed by atoms with Gasteiger partial charge in [0.25, 0.3) is 0 Å². The Balaban J connectivity index is 1.43. The maximum atomic E-state index is 2.64. The van der Waals surface area contributed by atoms with E-state index in [1.807, 2.05) is 0 Å². The van der Waals surface area contributed by atoms with E-state index in [4.69, 9.17) is 0 Å². The minimum absolute atomic E-state index is 0.169. The highest BCUT2D eigenvalue weighted by Gasteiger charge is 2.53. The molecule has 4 unspecified atom stereocenters. The summed E-state index contributed by atoms with van der Waals surface area (Å²) >= 11 is 0. The summed E-state index contributed by atoms with van der Waals surface area (Å²) in [4.78, 5) is 0. The van der Waals surface area contributed by atoms with Crippen molar-refractivity contribution in [1.29, 1.82) is 0 Å². The first-order valence-electron chi connectivity index (χ1n) is 14.4. The van der Waals surface area contributed by atoms with Gasteiger partial charge in [-0.2, -0.15) is 0 Å². The molecule has 4 aromatic carbocycles. The lowest BCUT2D eigenvalue weighted by Crippen LogP contribution is -2.33. The Hall–Kier alpha value is -2.26. The van der Waals surface area contributed by atoms with Crippen molar-refractivity contribution in [1.82, 2.24) is 0 Å². The van der Waals surface area contributed by atoms with Crippen molar-refractivity contribution in [3.05, 3.63) is 144 Å². The summed E-state index contributed by atoms with van der Waals surface area (Å²) in [6, 6.07) is 46.2. The highest BCUT2D eigenvalue weighted by molar-refractivity contribution is 7.64. The van der Waals surface area contributed by atoms with E-state index in [1.165, 1.54) is 38.0 Å². The zero-order valence-corrected chi connectivity index (χ0v) is 24.6. The van der Waals surface area contributed by atoms with Gasteiger partial charge in [-0.05, 0) is 71.6 Å². The predicted octanol–water partition coefficient (Wildman–Crippen LogP) is 10.2. The smallest absolute Gasteiger partial charge is 0.0404 e. The molecule has 0 saturated carbocycles. The highest BCUT2D eigenvalue weighted by atomic mass is 31.1. The van der Waals surface area contributed by atoms with E-state index < -0.39 is 0 Å². The lowest BCUT2D eigenvalue weighted by molar-refractivity contribution is 0.666. The van der Waals surface area contributed by atoms with Crippen LogP contribution in [0.25, 0.3) is 0 Å². The topological polar surface area (TPSA) is 0 Å². The van der Waals surface area contributed by atoms with Gasteiger partial charge in [0.2, 0.25) is 0 Å². The van der Waals surface area contributed by atoms with Crippen molar-refractivity contribution >= 4 is 15.8 Å². The zero-order valence-electron chi connectivity index (χ0n) is 22.8. The molecule has 2 heterocycles. The molecule has 2 fully saturated rings. The monoisotopic (exact) mass is 534 g/mol. The van der Waals surface area contributed by atoms with Crippen molar-refractivity contribution in [2.24, 2.45) is 0 Å². The second-order valence-corrected chi connectivity index (χ2v) is 17.2. The Morgan fingerprint density at radius 3 is 0.974 bits per heavy atom. The van der Waals surface area contributed by atoms with Gasteiger partial charge >= 0.3 is 0 Å². The number of hydrogen-bond donors (Lipinski definition) is 0. The molecule has 4 atom stereocenters. The van der Waals surface area contributed by atoms with Crippen LogP contribution in [0.3, 0.4) is 0 Å². The Morgan fingerprint density at radius 1 is 0.447 bits per heavy atom. The van der Waals surface area contributed by atoms with Crippen LogP contribution in [0.5, 0.6) is 0 Å². The van der Waals surface area contributed by atoms with Gasteiger partial charge in [0.05, 0.1) is 0 Å². The lowest BCUT2D eigenvalue weighted by Gasteiger charge is -2.47. The van der Waals surface area contributed by atoms with Crippen LogP contribution in [-0.2, 0) is 10.3 Å². The van der Waals surface area contributed by atoms with E-state index in [-0.39, 0.29) is 26.2 Å². The Labute approximate surface area is 232 Å². The summed E-state index contributed by atoms with van der Waals surface area (Å²) in [6.07, 6.45) is 8.02. The van der Waals surface area contributed by atoms with Crippen molar-refractivity contribution in [3.8, 4) is 0 Å². The average molecular weight is 535 g/mol. The van der Waals surface area contributed by atoms with E-state index in [9.17, 15) is 0 Å². The minimum Gasteiger partial charge on any atom is -0.0875 e. The Bertz CT molecular complexity index is 1120. The average Bonchev–Trinajstić information content (AvgIpc) is 3.65. The molecule has 0 radical (unpaired) electrons. The van der Waals surface area contributed by atoms with Crippen LogP contribution in [0.2, 0.25) is 0 Å². The SMILES string of the molecule is CC(C(C)P1CCCC1(c1ccccc1)c1ccccc1)P1CCCC1(c1ccccc1)c1ccccc1.